The Balaban J connectivity index is 1.53. The van der Waals surface area contributed by atoms with Crippen molar-refractivity contribution in [3.63, 3.8) is 0 Å². The lowest BCUT2D eigenvalue weighted by molar-refractivity contribution is -0.116. The summed E-state index contributed by atoms with van der Waals surface area (Å²) in [6.07, 6.45) is 0. The third-order valence-corrected chi connectivity index (χ3v) is 7.48. The lowest BCUT2D eigenvalue weighted by Crippen LogP contribution is -2.19. The normalized spacial score (nSPS) is 11.6. The van der Waals surface area contributed by atoms with Crippen LogP contribution in [0.5, 0.6) is 0 Å². The minimum absolute atomic E-state index is 0.134. The summed E-state index contributed by atoms with van der Waals surface area (Å²) in [5.41, 5.74) is 3.10. The van der Waals surface area contributed by atoms with Gasteiger partial charge in [-0.25, -0.2) is 4.98 Å². The van der Waals surface area contributed by atoms with E-state index in [0.717, 1.165) is 16.0 Å². The van der Waals surface area contributed by atoms with Crippen LogP contribution in [0.1, 0.15) is 17.7 Å². The molecule has 0 spiro atoms. The molecule has 0 saturated heterocycles. The third kappa shape index (κ3) is 6.18. The Bertz CT molecular complexity index is 1310. The molecule has 0 aliphatic carbocycles. The first kappa shape index (κ1) is 24.3. The summed E-state index contributed by atoms with van der Waals surface area (Å²) in [4.78, 5) is 30.0. The molecule has 3 aromatic carbocycles. The number of anilines is 2. The van der Waals surface area contributed by atoms with Gasteiger partial charge < -0.3 is 10.6 Å². The summed E-state index contributed by atoms with van der Waals surface area (Å²) in [5, 5.41) is 8.47. The van der Waals surface area contributed by atoms with E-state index in [9.17, 15) is 9.59 Å². The monoisotopic (exact) mass is 527 g/mol. The summed E-state index contributed by atoms with van der Waals surface area (Å²) in [6, 6.07) is 22.3. The largest absolute Gasteiger partial charge is 0.326 e. The molecule has 1 aromatic heterocycles. The summed E-state index contributed by atoms with van der Waals surface area (Å²) in [5.74, 6) is -0.317. The second-order valence-corrected chi connectivity index (χ2v) is 10.1. The van der Waals surface area contributed by atoms with Crippen molar-refractivity contribution in [1.82, 2.24) is 4.98 Å². The molecule has 172 valence electrons. The van der Waals surface area contributed by atoms with Crippen LogP contribution in [-0.2, 0) is 9.59 Å². The van der Waals surface area contributed by atoms with Gasteiger partial charge in [0, 0.05) is 28.5 Å². The van der Waals surface area contributed by atoms with Gasteiger partial charge in [-0.15, -0.1) is 23.1 Å². The maximum absolute atomic E-state index is 13.3. The first-order chi connectivity index (χ1) is 16.4. The summed E-state index contributed by atoms with van der Waals surface area (Å²) < 4.78 is 0. The van der Waals surface area contributed by atoms with E-state index in [4.69, 9.17) is 23.2 Å². The topological polar surface area (TPSA) is 71.1 Å². The molecule has 34 heavy (non-hydrogen) atoms. The van der Waals surface area contributed by atoms with Gasteiger partial charge in [0.05, 0.1) is 15.7 Å². The molecular formula is C25H19Cl2N3O2S2. The van der Waals surface area contributed by atoms with Gasteiger partial charge in [-0.2, -0.15) is 0 Å². The number of benzene rings is 3. The predicted molar refractivity (Wildman–Crippen MR) is 142 cm³/mol. The van der Waals surface area contributed by atoms with E-state index in [-0.39, 0.29) is 11.8 Å². The van der Waals surface area contributed by atoms with Crippen molar-refractivity contribution < 1.29 is 9.59 Å². The maximum Gasteiger partial charge on any atom is 0.244 e. The molecule has 1 heterocycles. The van der Waals surface area contributed by atoms with Crippen LogP contribution in [-0.4, -0.2) is 16.8 Å². The van der Waals surface area contributed by atoms with E-state index in [2.05, 4.69) is 15.6 Å². The number of halogens is 2. The number of nitrogens with zero attached hydrogens (tertiary/aromatic N) is 1. The minimum Gasteiger partial charge on any atom is -0.326 e. The molecule has 4 rings (SSSR count). The van der Waals surface area contributed by atoms with E-state index in [1.165, 1.54) is 30.0 Å². The molecule has 0 aliphatic rings. The molecule has 0 fully saturated rings. The summed E-state index contributed by atoms with van der Waals surface area (Å²) >= 11 is 14.9. The number of amides is 2. The Hall–Kier alpha value is -2.84. The standard InChI is InChI=1S/C25H19Cl2N3O2S2/c1-15(31)28-18-8-10-19(11-9-18)34-23(16-5-3-2-4-6-16)24(32)30-25-29-22(14-33-25)17-7-12-20(26)21(27)13-17/h2-14,23H,1H3,(H,28,31)(H,29,30,32). The molecule has 0 saturated carbocycles. The summed E-state index contributed by atoms with van der Waals surface area (Å²) in [7, 11) is 0. The number of carbonyl (C=O) groups excluding carboxylic acids is 2. The number of nitrogens with one attached hydrogen (secondary N) is 2. The van der Waals surface area contributed by atoms with Crippen molar-refractivity contribution in [1.29, 1.82) is 0 Å². The van der Waals surface area contributed by atoms with E-state index in [0.29, 0.717) is 26.6 Å². The Morgan fingerprint density at radius 1 is 0.941 bits per heavy atom. The molecule has 2 amide bonds. The molecule has 4 aromatic rings. The average molecular weight is 528 g/mol. The summed E-state index contributed by atoms with van der Waals surface area (Å²) in [6.45, 7) is 1.46. The van der Waals surface area contributed by atoms with Gasteiger partial charge >= 0.3 is 0 Å². The number of thioether (sulfide) groups is 1. The zero-order chi connectivity index (χ0) is 24.1. The van der Waals surface area contributed by atoms with Crippen LogP contribution in [0.3, 0.4) is 0 Å². The minimum atomic E-state index is -0.495. The fourth-order valence-corrected chi connectivity index (χ4v) is 5.19. The van der Waals surface area contributed by atoms with Crippen LogP contribution in [0.2, 0.25) is 10.0 Å². The molecule has 1 atom stereocenters. The molecule has 5 nitrogen and oxygen atoms in total. The molecule has 0 radical (unpaired) electrons. The number of aromatic nitrogens is 1. The number of rotatable bonds is 7. The first-order valence-electron chi connectivity index (χ1n) is 10.2. The number of thiazole rings is 1. The highest BCUT2D eigenvalue weighted by molar-refractivity contribution is 8.00. The van der Waals surface area contributed by atoms with Gasteiger partial charge in [-0.05, 0) is 42.0 Å². The Labute approximate surface area is 215 Å². The molecule has 0 aliphatic heterocycles. The third-order valence-electron chi connectivity index (χ3n) is 4.72. The number of carbonyl (C=O) groups is 2. The van der Waals surface area contributed by atoms with Gasteiger partial charge in [0.25, 0.3) is 0 Å². The highest BCUT2D eigenvalue weighted by atomic mass is 35.5. The first-order valence-corrected chi connectivity index (χ1v) is 12.7. The Kier molecular flexibility index (Phi) is 7.90. The van der Waals surface area contributed by atoms with Crippen LogP contribution in [0, 0.1) is 0 Å². The zero-order valence-electron chi connectivity index (χ0n) is 17.9. The van der Waals surface area contributed by atoms with Crippen LogP contribution in [0.4, 0.5) is 10.8 Å². The van der Waals surface area contributed by atoms with Crippen LogP contribution < -0.4 is 10.6 Å². The maximum atomic E-state index is 13.3. The van der Waals surface area contributed by atoms with E-state index in [1.54, 1.807) is 12.1 Å². The zero-order valence-corrected chi connectivity index (χ0v) is 21.1. The van der Waals surface area contributed by atoms with Crippen LogP contribution in [0.25, 0.3) is 11.3 Å². The smallest absolute Gasteiger partial charge is 0.244 e. The molecule has 2 N–H and O–H groups in total. The van der Waals surface area contributed by atoms with Gasteiger partial charge in [0.2, 0.25) is 11.8 Å². The lowest BCUT2D eigenvalue weighted by Gasteiger charge is -2.16. The van der Waals surface area contributed by atoms with Crippen molar-refractivity contribution in [2.24, 2.45) is 0 Å². The predicted octanol–water partition coefficient (Wildman–Crippen LogP) is 7.55. The van der Waals surface area contributed by atoms with Crippen LogP contribution in [0.15, 0.2) is 83.1 Å². The fraction of sp³-hybridized carbons (Fsp3) is 0.0800. The average Bonchev–Trinajstić information content (AvgIpc) is 3.29. The van der Waals surface area contributed by atoms with Crippen molar-refractivity contribution in [3.8, 4) is 11.3 Å². The van der Waals surface area contributed by atoms with E-state index in [1.807, 2.05) is 66.0 Å². The second-order valence-electron chi connectivity index (χ2n) is 7.27. The molecule has 9 heteroatoms. The van der Waals surface area contributed by atoms with Crippen molar-refractivity contribution in [2.45, 2.75) is 17.1 Å². The number of hydrogen-bond acceptors (Lipinski definition) is 5. The van der Waals surface area contributed by atoms with Gasteiger partial charge in [-0.3, -0.25) is 9.59 Å². The number of hydrogen-bond donors (Lipinski definition) is 2. The highest BCUT2D eigenvalue weighted by Gasteiger charge is 2.23. The molecular weight excluding hydrogens is 509 g/mol. The van der Waals surface area contributed by atoms with E-state index < -0.39 is 5.25 Å². The lowest BCUT2D eigenvalue weighted by atomic mass is 10.1. The van der Waals surface area contributed by atoms with Crippen molar-refractivity contribution in [3.05, 3.63) is 93.8 Å². The van der Waals surface area contributed by atoms with Gasteiger partial charge in [0.1, 0.15) is 5.25 Å². The van der Waals surface area contributed by atoms with Crippen molar-refractivity contribution in [2.75, 3.05) is 10.6 Å². The van der Waals surface area contributed by atoms with Crippen molar-refractivity contribution >= 4 is 68.9 Å². The van der Waals surface area contributed by atoms with Gasteiger partial charge in [0.15, 0.2) is 5.13 Å². The Morgan fingerprint density at radius 2 is 1.68 bits per heavy atom. The Morgan fingerprint density at radius 3 is 2.35 bits per heavy atom. The van der Waals surface area contributed by atoms with Crippen LogP contribution >= 0.6 is 46.3 Å². The van der Waals surface area contributed by atoms with E-state index >= 15 is 0 Å². The van der Waals surface area contributed by atoms with Gasteiger partial charge in [-0.1, -0.05) is 59.6 Å². The second kappa shape index (κ2) is 11.1. The highest BCUT2D eigenvalue weighted by Crippen LogP contribution is 2.37. The molecule has 1 unspecified atom stereocenters. The SMILES string of the molecule is CC(=O)Nc1ccc(SC(C(=O)Nc2nc(-c3ccc(Cl)c(Cl)c3)cs2)c2ccccc2)cc1. The fourth-order valence-electron chi connectivity index (χ4n) is 3.15. The molecule has 0 bridgehead atoms. The quantitative estimate of drug-likeness (QED) is 0.243.